The molecule has 3 aliphatic carbocycles. The Morgan fingerprint density at radius 2 is 1.87 bits per heavy atom. The van der Waals surface area contributed by atoms with Gasteiger partial charge in [0.25, 0.3) is 0 Å². The van der Waals surface area contributed by atoms with Crippen LogP contribution in [0.25, 0.3) is 0 Å². The highest BCUT2D eigenvalue weighted by Gasteiger charge is 2.40. The van der Waals surface area contributed by atoms with E-state index < -0.39 is 0 Å². The summed E-state index contributed by atoms with van der Waals surface area (Å²) in [6.45, 7) is 0. The van der Waals surface area contributed by atoms with Crippen LogP contribution in [-0.2, 0) is 4.79 Å². The van der Waals surface area contributed by atoms with Crippen molar-refractivity contribution in [1.29, 1.82) is 0 Å². The first kappa shape index (κ1) is 9.86. The molecule has 3 fully saturated rings. The van der Waals surface area contributed by atoms with Crippen molar-refractivity contribution in [3.63, 3.8) is 0 Å². The minimum absolute atomic E-state index is 0.581. The fourth-order valence-electron chi connectivity index (χ4n) is 4.02. The van der Waals surface area contributed by atoms with Gasteiger partial charge in [0.2, 0.25) is 0 Å². The van der Waals surface area contributed by atoms with E-state index in [0.29, 0.717) is 5.78 Å². The summed E-state index contributed by atoms with van der Waals surface area (Å²) >= 11 is 0. The number of carbonyl (C=O) groups is 1. The molecule has 0 aromatic rings. The molecule has 0 N–H and O–H groups in total. The van der Waals surface area contributed by atoms with Gasteiger partial charge in [0.05, 0.1) is 0 Å². The van der Waals surface area contributed by atoms with E-state index >= 15 is 0 Å². The summed E-state index contributed by atoms with van der Waals surface area (Å²) in [5.41, 5.74) is 0. The molecule has 1 nitrogen and oxygen atoms in total. The van der Waals surface area contributed by atoms with Crippen LogP contribution in [0.5, 0.6) is 0 Å². The molecule has 3 rings (SSSR count). The van der Waals surface area contributed by atoms with Crippen LogP contribution in [0.2, 0.25) is 0 Å². The topological polar surface area (TPSA) is 17.1 Å². The van der Waals surface area contributed by atoms with Crippen molar-refractivity contribution in [2.75, 3.05) is 0 Å². The highest BCUT2D eigenvalue weighted by molar-refractivity contribution is 5.79. The van der Waals surface area contributed by atoms with Gasteiger partial charge in [-0.1, -0.05) is 25.7 Å². The summed E-state index contributed by atoms with van der Waals surface area (Å²) in [5.74, 6) is 4.07. The predicted octanol–water partition coefficient (Wildman–Crippen LogP) is 3.57. The Morgan fingerprint density at radius 3 is 2.40 bits per heavy atom. The number of hydrogen-bond acceptors (Lipinski definition) is 1. The van der Waals surface area contributed by atoms with E-state index in [1.54, 1.807) is 0 Å². The van der Waals surface area contributed by atoms with E-state index in [4.69, 9.17) is 0 Å². The fourth-order valence-corrected chi connectivity index (χ4v) is 4.02. The first-order valence-electron chi connectivity index (χ1n) is 6.83. The van der Waals surface area contributed by atoms with Crippen LogP contribution in [0.1, 0.15) is 57.8 Å². The molecule has 0 aromatic heterocycles. The van der Waals surface area contributed by atoms with Crippen molar-refractivity contribution >= 4 is 5.78 Å². The van der Waals surface area contributed by atoms with Gasteiger partial charge in [0.15, 0.2) is 0 Å². The number of Topliss-reactive ketones (excluding diaryl/α,β-unsaturated/α-hetero) is 1. The van der Waals surface area contributed by atoms with E-state index in [9.17, 15) is 4.79 Å². The molecule has 1 heteroatoms. The number of hydrogen-bond donors (Lipinski definition) is 0. The standard InChI is InChI=1S/C14H22O/c15-14(8-10-2-1-3-10)9-13-7-11-4-5-12(13)6-11/h10-13H,1-9H2. The number of ketones is 1. The van der Waals surface area contributed by atoms with Crippen LogP contribution in [0.4, 0.5) is 0 Å². The first-order chi connectivity index (χ1) is 7.31. The van der Waals surface area contributed by atoms with Crippen molar-refractivity contribution in [3.8, 4) is 0 Å². The Kier molecular flexibility index (Phi) is 2.58. The maximum atomic E-state index is 11.9. The van der Waals surface area contributed by atoms with Gasteiger partial charge in [-0.3, -0.25) is 4.79 Å². The third-order valence-corrected chi connectivity index (χ3v) is 5.12. The third kappa shape index (κ3) is 1.98. The largest absolute Gasteiger partial charge is 0.300 e. The Labute approximate surface area is 92.6 Å². The normalized spacial score (nSPS) is 39.3. The second-order valence-electron chi connectivity index (χ2n) is 6.18. The van der Waals surface area contributed by atoms with E-state index in [0.717, 1.165) is 36.5 Å². The van der Waals surface area contributed by atoms with Crippen molar-refractivity contribution < 1.29 is 4.79 Å². The zero-order valence-corrected chi connectivity index (χ0v) is 9.58. The number of carbonyl (C=O) groups excluding carboxylic acids is 1. The molecule has 0 radical (unpaired) electrons. The Morgan fingerprint density at radius 1 is 1.00 bits per heavy atom. The number of rotatable bonds is 4. The average molecular weight is 206 g/mol. The number of fused-ring (bicyclic) bond motifs is 2. The van der Waals surface area contributed by atoms with Gasteiger partial charge in [-0.2, -0.15) is 0 Å². The summed E-state index contributed by atoms with van der Waals surface area (Å²) in [4.78, 5) is 11.9. The molecule has 0 aliphatic heterocycles. The van der Waals surface area contributed by atoms with Gasteiger partial charge >= 0.3 is 0 Å². The minimum atomic E-state index is 0.581. The molecule has 15 heavy (non-hydrogen) atoms. The molecule has 0 aromatic carbocycles. The van der Waals surface area contributed by atoms with E-state index in [2.05, 4.69) is 0 Å². The SMILES string of the molecule is O=C(CC1CCC1)CC1CC2CCC1C2. The van der Waals surface area contributed by atoms with Crippen molar-refractivity contribution in [3.05, 3.63) is 0 Å². The van der Waals surface area contributed by atoms with Gasteiger partial charge < -0.3 is 0 Å². The summed E-state index contributed by atoms with van der Waals surface area (Å²) in [5, 5.41) is 0. The Balaban J connectivity index is 1.46. The smallest absolute Gasteiger partial charge is 0.133 e. The second-order valence-corrected chi connectivity index (χ2v) is 6.18. The quantitative estimate of drug-likeness (QED) is 0.687. The van der Waals surface area contributed by atoms with Crippen LogP contribution in [-0.4, -0.2) is 5.78 Å². The molecular weight excluding hydrogens is 184 g/mol. The second kappa shape index (κ2) is 3.92. The van der Waals surface area contributed by atoms with E-state index in [1.165, 1.54) is 44.9 Å². The molecule has 3 atom stereocenters. The van der Waals surface area contributed by atoms with Gasteiger partial charge in [0.1, 0.15) is 5.78 Å². The monoisotopic (exact) mass is 206 g/mol. The fraction of sp³-hybridized carbons (Fsp3) is 0.929. The summed E-state index contributed by atoms with van der Waals surface area (Å²) in [6, 6.07) is 0. The molecule has 3 unspecified atom stereocenters. The Hall–Kier alpha value is -0.330. The van der Waals surface area contributed by atoms with Crippen molar-refractivity contribution in [2.24, 2.45) is 23.7 Å². The maximum Gasteiger partial charge on any atom is 0.133 e. The molecule has 3 saturated carbocycles. The van der Waals surface area contributed by atoms with E-state index in [1.807, 2.05) is 0 Å². The zero-order chi connectivity index (χ0) is 10.3. The molecule has 0 amide bonds. The van der Waals surface area contributed by atoms with Crippen molar-refractivity contribution in [2.45, 2.75) is 57.8 Å². The van der Waals surface area contributed by atoms with Crippen molar-refractivity contribution in [1.82, 2.24) is 0 Å². The Bertz CT molecular complexity index is 254. The lowest BCUT2D eigenvalue weighted by Gasteiger charge is -2.26. The molecular formula is C14H22O. The molecule has 2 bridgehead atoms. The molecule has 0 spiro atoms. The van der Waals surface area contributed by atoms with Gasteiger partial charge in [-0.15, -0.1) is 0 Å². The van der Waals surface area contributed by atoms with Crippen LogP contribution < -0.4 is 0 Å². The lowest BCUT2D eigenvalue weighted by molar-refractivity contribution is -0.121. The molecule has 0 saturated heterocycles. The highest BCUT2D eigenvalue weighted by atomic mass is 16.1. The van der Waals surface area contributed by atoms with Crippen LogP contribution in [0.3, 0.4) is 0 Å². The third-order valence-electron chi connectivity index (χ3n) is 5.12. The maximum absolute atomic E-state index is 11.9. The first-order valence-corrected chi connectivity index (χ1v) is 6.83. The summed E-state index contributed by atoms with van der Waals surface area (Å²) in [6.07, 6.45) is 11.6. The lowest BCUT2D eigenvalue weighted by Crippen LogP contribution is -2.20. The predicted molar refractivity (Wildman–Crippen MR) is 60.5 cm³/mol. The summed E-state index contributed by atoms with van der Waals surface area (Å²) < 4.78 is 0. The molecule has 84 valence electrons. The molecule has 3 aliphatic rings. The van der Waals surface area contributed by atoms with E-state index in [-0.39, 0.29) is 0 Å². The van der Waals surface area contributed by atoms with Gasteiger partial charge in [0, 0.05) is 12.8 Å². The van der Waals surface area contributed by atoms with Gasteiger partial charge in [-0.25, -0.2) is 0 Å². The van der Waals surface area contributed by atoms with Crippen LogP contribution in [0, 0.1) is 23.7 Å². The zero-order valence-electron chi connectivity index (χ0n) is 9.58. The average Bonchev–Trinajstić information content (AvgIpc) is 2.72. The minimum Gasteiger partial charge on any atom is -0.300 e. The lowest BCUT2D eigenvalue weighted by atomic mass is 9.79. The molecule has 0 heterocycles. The highest BCUT2D eigenvalue weighted by Crippen LogP contribution is 2.49. The van der Waals surface area contributed by atoms with Crippen LogP contribution in [0.15, 0.2) is 0 Å². The van der Waals surface area contributed by atoms with Gasteiger partial charge in [-0.05, 0) is 42.9 Å². The summed E-state index contributed by atoms with van der Waals surface area (Å²) in [7, 11) is 0. The van der Waals surface area contributed by atoms with Crippen LogP contribution >= 0.6 is 0 Å².